The summed E-state index contributed by atoms with van der Waals surface area (Å²) in [7, 11) is 1.62. The number of nitrogens with zero attached hydrogens (tertiary/aromatic N) is 1. The Bertz CT molecular complexity index is 670. The van der Waals surface area contributed by atoms with Crippen molar-refractivity contribution < 1.29 is 9.53 Å². The van der Waals surface area contributed by atoms with Crippen molar-refractivity contribution in [1.29, 1.82) is 0 Å². The van der Waals surface area contributed by atoms with Crippen molar-refractivity contribution in [2.75, 3.05) is 42.3 Å². The molecule has 23 heavy (non-hydrogen) atoms. The van der Waals surface area contributed by atoms with E-state index < -0.39 is 0 Å². The topological polar surface area (TPSA) is 53.6 Å². The maximum Gasteiger partial charge on any atom is 0.243 e. The number of rotatable bonds is 4. The van der Waals surface area contributed by atoms with Crippen LogP contribution in [0, 0.1) is 0 Å². The Labute approximate surface area is 136 Å². The van der Waals surface area contributed by atoms with Crippen molar-refractivity contribution in [2.45, 2.75) is 6.42 Å². The number of amides is 1. The number of ether oxygens (including phenoxy) is 1. The molecule has 0 fully saturated rings. The number of nitrogens with one attached hydrogen (secondary N) is 2. The van der Waals surface area contributed by atoms with Gasteiger partial charge in [-0.25, -0.2) is 0 Å². The summed E-state index contributed by atoms with van der Waals surface area (Å²) in [6.45, 7) is 2.12. The van der Waals surface area contributed by atoms with Gasteiger partial charge in [0.2, 0.25) is 5.91 Å². The molecule has 0 unspecified atom stereocenters. The lowest BCUT2D eigenvalue weighted by Crippen LogP contribution is -2.33. The first-order valence-corrected chi connectivity index (χ1v) is 7.78. The molecule has 2 aromatic rings. The predicted octanol–water partition coefficient (Wildman–Crippen LogP) is 2.96. The van der Waals surface area contributed by atoms with Gasteiger partial charge in [-0.1, -0.05) is 12.1 Å². The van der Waals surface area contributed by atoms with Gasteiger partial charge in [0, 0.05) is 18.8 Å². The van der Waals surface area contributed by atoms with Crippen LogP contribution < -0.4 is 20.3 Å². The smallest absolute Gasteiger partial charge is 0.243 e. The highest BCUT2D eigenvalue weighted by molar-refractivity contribution is 5.94. The van der Waals surface area contributed by atoms with Gasteiger partial charge in [-0.05, 0) is 42.8 Å². The van der Waals surface area contributed by atoms with Crippen molar-refractivity contribution in [3.63, 3.8) is 0 Å². The Morgan fingerprint density at radius 1 is 1.22 bits per heavy atom. The lowest BCUT2D eigenvalue weighted by molar-refractivity contribution is -0.115. The van der Waals surface area contributed by atoms with Crippen molar-refractivity contribution in [2.24, 2.45) is 0 Å². The van der Waals surface area contributed by atoms with E-state index in [4.69, 9.17) is 4.74 Å². The summed E-state index contributed by atoms with van der Waals surface area (Å²) in [5.41, 5.74) is 2.94. The molecule has 5 heteroatoms. The lowest BCUT2D eigenvalue weighted by Gasteiger charge is -2.23. The normalized spacial score (nSPS) is 13.5. The number of hydrogen-bond donors (Lipinski definition) is 2. The van der Waals surface area contributed by atoms with Crippen LogP contribution in [0.5, 0.6) is 5.75 Å². The molecule has 1 amide bonds. The number of carbonyl (C=O) groups is 1. The average Bonchev–Trinajstić information content (AvgIpc) is 2.78. The fraction of sp³-hybridized carbons (Fsp3) is 0.278. The van der Waals surface area contributed by atoms with E-state index >= 15 is 0 Å². The molecule has 1 aliphatic heterocycles. The highest BCUT2D eigenvalue weighted by atomic mass is 16.5. The molecule has 1 aliphatic rings. The summed E-state index contributed by atoms with van der Waals surface area (Å²) in [6, 6.07) is 15.5. The van der Waals surface area contributed by atoms with Crippen LogP contribution >= 0.6 is 0 Å². The molecule has 120 valence electrons. The Hall–Kier alpha value is -2.69. The largest absolute Gasteiger partial charge is 0.497 e. The van der Waals surface area contributed by atoms with Gasteiger partial charge in [0.15, 0.2) is 0 Å². The van der Waals surface area contributed by atoms with Crippen LogP contribution in [0.4, 0.5) is 17.1 Å². The summed E-state index contributed by atoms with van der Waals surface area (Å²) in [5.74, 6) is 0.752. The van der Waals surface area contributed by atoms with Crippen LogP contribution in [-0.2, 0) is 4.79 Å². The molecule has 0 radical (unpaired) electrons. The number of benzene rings is 2. The monoisotopic (exact) mass is 311 g/mol. The zero-order valence-corrected chi connectivity index (χ0v) is 13.2. The molecule has 0 saturated carbocycles. The Morgan fingerprint density at radius 2 is 2.00 bits per heavy atom. The van der Waals surface area contributed by atoms with E-state index in [0.29, 0.717) is 6.54 Å². The zero-order chi connectivity index (χ0) is 16.1. The molecule has 0 spiro atoms. The Kier molecular flexibility index (Phi) is 4.66. The molecule has 0 aromatic heterocycles. The first kappa shape index (κ1) is 15.2. The molecule has 5 nitrogen and oxygen atoms in total. The summed E-state index contributed by atoms with van der Waals surface area (Å²) < 4.78 is 5.12. The predicted molar refractivity (Wildman–Crippen MR) is 93.4 cm³/mol. The van der Waals surface area contributed by atoms with Crippen LogP contribution in [-0.4, -0.2) is 32.7 Å². The third kappa shape index (κ3) is 3.74. The van der Waals surface area contributed by atoms with Gasteiger partial charge in [-0.2, -0.15) is 0 Å². The molecular weight excluding hydrogens is 290 g/mol. The lowest BCUT2D eigenvalue weighted by atomic mass is 10.2. The van der Waals surface area contributed by atoms with E-state index in [1.807, 2.05) is 42.5 Å². The van der Waals surface area contributed by atoms with Gasteiger partial charge in [-0.15, -0.1) is 0 Å². The van der Waals surface area contributed by atoms with E-state index in [-0.39, 0.29) is 5.91 Å². The summed E-state index contributed by atoms with van der Waals surface area (Å²) in [5, 5.41) is 6.34. The number of hydrogen-bond acceptors (Lipinski definition) is 4. The van der Waals surface area contributed by atoms with Crippen LogP contribution in [0.3, 0.4) is 0 Å². The van der Waals surface area contributed by atoms with Gasteiger partial charge in [0.05, 0.1) is 25.0 Å². The summed E-state index contributed by atoms with van der Waals surface area (Å²) >= 11 is 0. The van der Waals surface area contributed by atoms with Crippen LogP contribution in [0.15, 0.2) is 48.5 Å². The van der Waals surface area contributed by atoms with E-state index in [1.165, 1.54) is 0 Å². The maximum absolute atomic E-state index is 12.4. The Morgan fingerprint density at radius 3 is 2.78 bits per heavy atom. The Balaban J connectivity index is 1.67. The minimum atomic E-state index is -0.0214. The molecule has 3 rings (SSSR count). The molecule has 0 aliphatic carbocycles. The van der Waals surface area contributed by atoms with E-state index in [0.717, 1.165) is 42.3 Å². The first-order chi connectivity index (χ1) is 11.3. The fourth-order valence-electron chi connectivity index (χ4n) is 2.72. The third-order valence-electron chi connectivity index (χ3n) is 3.87. The quantitative estimate of drug-likeness (QED) is 0.911. The minimum absolute atomic E-state index is 0.0214. The average molecular weight is 311 g/mol. The van der Waals surface area contributed by atoms with E-state index in [2.05, 4.69) is 21.6 Å². The van der Waals surface area contributed by atoms with Crippen molar-refractivity contribution in [1.82, 2.24) is 0 Å². The van der Waals surface area contributed by atoms with Gasteiger partial charge in [0.25, 0.3) is 0 Å². The zero-order valence-electron chi connectivity index (χ0n) is 13.2. The standard InChI is InChI=1S/C18H21N3O2/c1-23-15-9-7-14(8-10-15)20-18(22)13-21-12-4-11-19-16-5-2-3-6-17(16)21/h2-3,5-10,19H,4,11-13H2,1H3,(H,20,22). The van der Waals surface area contributed by atoms with Gasteiger partial charge in [-0.3, -0.25) is 4.79 Å². The number of anilines is 3. The van der Waals surface area contributed by atoms with E-state index in [9.17, 15) is 4.79 Å². The van der Waals surface area contributed by atoms with Gasteiger partial charge >= 0.3 is 0 Å². The van der Waals surface area contributed by atoms with Crippen molar-refractivity contribution >= 4 is 23.0 Å². The van der Waals surface area contributed by atoms with Gasteiger partial charge in [0.1, 0.15) is 5.75 Å². The summed E-state index contributed by atoms with van der Waals surface area (Å²) in [4.78, 5) is 14.5. The second-order valence-electron chi connectivity index (χ2n) is 5.50. The SMILES string of the molecule is COc1ccc(NC(=O)CN2CCCNc3ccccc32)cc1. The van der Waals surface area contributed by atoms with Crippen molar-refractivity contribution in [3.8, 4) is 5.75 Å². The molecular formula is C18H21N3O2. The highest BCUT2D eigenvalue weighted by Crippen LogP contribution is 2.27. The second kappa shape index (κ2) is 7.05. The van der Waals surface area contributed by atoms with E-state index in [1.54, 1.807) is 7.11 Å². The molecule has 2 aromatic carbocycles. The molecule has 0 bridgehead atoms. The van der Waals surface area contributed by atoms with Gasteiger partial charge < -0.3 is 20.3 Å². The second-order valence-corrected chi connectivity index (χ2v) is 5.50. The minimum Gasteiger partial charge on any atom is -0.497 e. The van der Waals surface area contributed by atoms with Crippen LogP contribution in [0.2, 0.25) is 0 Å². The third-order valence-corrected chi connectivity index (χ3v) is 3.87. The molecule has 1 heterocycles. The number of methoxy groups -OCH3 is 1. The van der Waals surface area contributed by atoms with Crippen molar-refractivity contribution in [3.05, 3.63) is 48.5 Å². The molecule has 0 saturated heterocycles. The van der Waals surface area contributed by atoms with Crippen LogP contribution in [0.25, 0.3) is 0 Å². The number of carbonyl (C=O) groups excluding carboxylic acids is 1. The maximum atomic E-state index is 12.4. The summed E-state index contributed by atoms with van der Waals surface area (Å²) in [6.07, 6.45) is 1.00. The first-order valence-electron chi connectivity index (χ1n) is 7.78. The fourth-order valence-corrected chi connectivity index (χ4v) is 2.72. The number of fused-ring (bicyclic) bond motifs is 1. The van der Waals surface area contributed by atoms with Crippen LogP contribution in [0.1, 0.15) is 6.42 Å². The molecule has 0 atom stereocenters. The number of para-hydroxylation sites is 2. The molecule has 2 N–H and O–H groups in total. The highest BCUT2D eigenvalue weighted by Gasteiger charge is 2.17.